The Kier molecular flexibility index (Phi) is 8.10. The molecule has 0 heterocycles. The molecule has 1 aliphatic carbocycles. The van der Waals surface area contributed by atoms with Crippen molar-refractivity contribution in [2.45, 2.75) is 61.3 Å². The molecule has 0 amide bonds. The van der Waals surface area contributed by atoms with E-state index in [0.29, 0.717) is 11.2 Å². The number of ether oxygens (including phenoxy) is 1. The fourth-order valence-corrected chi connectivity index (χ4v) is 4.68. The van der Waals surface area contributed by atoms with Crippen molar-refractivity contribution in [1.29, 1.82) is 0 Å². The van der Waals surface area contributed by atoms with E-state index in [4.69, 9.17) is 16.2 Å². The van der Waals surface area contributed by atoms with E-state index in [0.717, 1.165) is 25.0 Å². The van der Waals surface area contributed by atoms with Crippen LogP contribution in [0, 0.1) is 5.92 Å². The molecule has 0 bridgehead atoms. The highest BCUT2D eigenvalue weighted by Crippen LogP contribution is 2.36. The Morgan fingerprint density at radius 3 is 2.63 bits per heavy atom. The number of nitrogens with two attached hydrogens (primary N) is 2. The van der Waals surface area contributed by atoms with Crippen LogP contribution in [0.15, 0.2) is 0 Å². The predicted molar refractivity (Wildman–Crippen MR) is 85.3 cm³/mol. The molecule has 6 atom stereocenters. The molecular weight excluding hydrogens is 280 g/mol. The number of thioether (sulfide) groups is 2. The van der Waals surface area contributed by atoms with Gasteiger partial charge in [-0.3, -0.25) is 0 Å². The Hall–Kier alpha value is 0.540. The molecule has 5 N–H and O–H groups in total. The van der Waals surface area contributed by atoms with E-state index < -0.39 is 0 Å². The highest BCUT2D eigenvalue weighted by molar-refractivity contribution is 8.04. The molecule has 114 valence electrons. The summed E-state index contributed by atoms with van der Waals surface area (Å²) in [4.78, 5) is 0. The molecular formula is C13H28N2O2S2. The quantitative estimate of drug-likeness (QED) is 0.620. The van der Waals surface area contributed by atoms with E-state index in [1.807, 2.05) is 6.92 Å². The van der Waals surface area contributed by atoms with Crippen molar-refractivity contribution in [3.05, 3.63) is 0 Å². The summed E-state index contributed by atoms with van der Waals surface area (Å²) in [6, 6.07) is 0. The number of aliphatic hydroxyl groups excluding tert-OH is 1. The SMILES string of the molecule is COC(C)CSC(N)C(N)SC1CC(O)CCC1C. The second-order valence-electron chi connectivity index (χ2n) is 5.43. The molecule has 6 heteroatoms. The van der Waals surface area contributed by atoms with Crippen LogP contribution >= 0.6 is 23.5 Å². The van der Waals surface area contributed by atoms with Crippen LogP contribution in [0.1, 0.15) is 33.1 Å². The average Bonchev–Trinajstić information content (AvgIpc) is 2.39. The van der Waals surface area contributed by atoms with Gasteiger partial charge < -0.3 is 21.3 Å². The minimum Gasteiger partial charge on any atom is -0.393 e. The van der Waals surface area contributed by atoms with E-state index in [-0.39, 0.29) is 23.0 Å². The Morgan fingerprint density at radius 1 is 1.32 bits per heavy atom. The van der Waals surface area contributed by atoms with Gasteiger partial charge in [-0.25, -0.2) is 0 Å². The monoisotopic (exact) mass is 308 g/mol. The van der Waals surface area contributed by atoms with Gasteiger partial charge in [-0.15, -0.1) is 23.5 Å². The zero-order valence-corrected chi connectivity index (χ0v) is 13.8. The lowest BCUT2D eigenvalue weighted by Gasteiger charge is -2.34. The largest absolute Gasteiger partial charge is 0.393 e. The highest BCUT2D eigenvalue weighted by atomic mass is 32.2. The summed E-state index contributed by atoms with van der Waals surface area (Å²) < 4.78 is 5.20. The van der Waals surface area contributed by atoms with Gasteiger partial charge in [0.1, 0.15) is 0 Å². The number of hydrogen-bond donors (Lipinski definition) is 3. The normalized spacial score (nSPS) is 32.8. The predicted octanol–water partition coefficient (Wildman–Crippen LogP) is 1.61. The molecule has 0 spiro atoms. The van der Waals surface area contributed by atoms with E-state index in [1.54, 1.807) is 30.6 Å². The molecule has 6 unspecified atom stereocenters. The lowest BCUT2D eigenvalue weighted by molar-refractivity contribution is 0.116. The second-order valence-corrected chi connectivity index (χ2v) is 8.06. The first-order chi connectivity index (χ1) is 8.93. The van der Waals surface area contributed by atoms with Crippen molar-refractivity contribution < 1.29 is 9.84 Å². The maximum Gasteiger partial charge on any atom is 0.0758 e. The molecule has 1 aliphatic rings. The third kappa shape index (κ3) is 6.23. The number of aliphatic hydroxyl groups is 1. The van der Waals surface area contributed by atoms with Crippen LogP contribution in [0.25, 0.3) is 0 Å². The zero-order chi connectivity index (χ0) is 14.4. The third-order valence-electron chi connectivity index (χ3n) is 3.68. The van der Waals surface area contributed by atoms with Crippen LogP contribution in [0.3, 0.4) is 0 Å². The van der Waals surface area contributed by atoms with E-state index >= 15 is 0 Å². The summed E-state index contributed by atoms with van der Waals surface area (Å²) in [5, 5.41) is 9.99. The van der Waals surface area contributed by atoms with E-state index in [9.17, 15) is 5.11 Å². The van der Waals surface area contributed by atoms with Crippen molar-refractivity contribution in [1.82, 2.24) is 0 Å². The van der Waals surface area contributed by atoms with Gasteiger partial charge in [0.2, 0.25) is 0 Å². The molecule has 0 saturated heterocycles. The molecule has 19 heavy (non-hydrogen) atoms. The lowest BCUT2D eigenvalue weighted by atomic mass is 9.88. The molecule has 0 aliphatic heterocycles. The molecule has 4 nitrogen and oxygen atoms in total. The minimum atomic E-state index is -0.168. The molecule has 1 saturated carbocycles. The molecule has 1 fully saturated rings. The summed E-state index contributed by atoms with van der Waals surface area (Å²) >= 11 is 3.38. The highest BCUT2D eigenvalue weighted by Gasteiger charge is 2.30. The van der Waals surface area contributed by atoms with Gasteiger partial charge in [-0.05, 0) is 32.1 Å². The first-order valence-corrected chi connectivity index (χ1v) is 8.92. The van der Waals surface area contributed by atoms with Crippen LogP contribution in [0.5, 0.6) is 0 Å². The van der Waals surface area contributed by atoms with Crippen molar-refractivity contribution in [2.75, 3.05) is 12.9 Å². The van der Waals surface area contributed by atoms with Crippen LogP contribution < -0.4 is 11.5 Å². The lowest BCUT2D eigenvalue weighted by Crippen LogP contribution is -2.40. The topological polar surface area (TPSA) is 81.5 Å². The molecule has 1 rings (SSSR count). The Bertz CT molecular complexity index is 259. The van der Waals surface area contributed by atoms with Gasteiger partial charge in [-0.1, -0.05) is 6.92 Å². The number of methoxy groups -OCH3 is 1. The molecule has 0 aromatic heterocycles. The Balaban J connectivity index is 2.33. The van der Waals surface area contributed by atoms with Gasteiger partial charge in [0, 0.05) is 18.1 Å². The summed E-state index contributed by atoms with van der Waals surface area (Å²) in [7, 11) is 1.70. The summed E-state index contributed by atoms with van der Waals surface area (Å²) in [6.07, 6.45) is 2.86. The van der Waals surface area contributed by atoms with Crippen molar-refractivity contribution in [2.24, 2.45) is 17.4 Å². The van der Waals surface area contributed by atoms with Gasteiger partial charge in [0.15, 0.2) is 0 Å². The summed E-state index contributed by atoms with van der Waals surface area (Å²) in [6.45, 7) is 4.26. The van der Waals surface area contributed by atoms with Crippen molar-refractivity contribution in [3.63, 3.8) is 0 Å². The first kappa shape index (κ1) is 17.6. The summed E-state index contributed by atoms with van der Waals surface area (Å²) in [5.41, 5.74) is 12.3. The van der Waals surface area contributed by atoms with Gasteiger partial charge in [0.05, 0.1) is 23.0 Å². The standard InChI is InChI=1S/C13H28N2O2S2/c1-8-4-5-10(16)6-11(8)19-13(15)12(14)18-7-9(2)17-3/h8-13,16H,4-7,14-15H2,1-3H3. The zero-order valence-electron chi connectivity index (χ0n) is 12.1. The number of hydrogen-bond acceptors (Lipinski definition) is 6. The van der Waals surface area contributed by atoms with E-state index in [1.165, 1.54) is 0 Å². The first-order valence-electron chi connectivity index (χ1n) is 6.93. The van der Waals surface area contributed by atoms with Crippen molar-refractivity contribution >= 4 is 23.5 Å². The van der Waals surface area contributed by atoms with Gasteiger partial charge in [-0.2, -0.15) is 0 Å². The van der Waals surface area contributed by atoms with Crippen LogP contribution in [0.2, 0.25) is 0 Å². The van der Waals surface area contributed by atoms with Crippen LogP contribution in [0.4, 0.5) is 0 Å². The molecule has 0 radical (unpaired) electrons. The van der Waals surface area contributed by atoms with E-state index in [2.05, 4.69) is 6.92 Å². The van der Waals surface area contributed by atoms with Crippen LogP contribution in [-0.4, -0.2) is 46.2 Å². The Labute approximate surface area is 125 Å². The summed E-state index contributed by atoms with van der Waals surface area (Å²) in [5.74, 6) is 1.46. The third-order valence-corrected chi connectivity index (χ3v) is 6.80. The fraction of sp³-hybridized carbons (Fsp3) is 1.00. The minimum absolute atomic E-state index is 0.0890. The molecule has 0 aromatic carbocycles. The Morgan fingerprint density at radius 2 is 2.00 bits per heavy atom. The van der Waals surface area contributed by atoms with Crippen molar-refractivity contribution in [3.8, 4) is 0 Å². The smallest absolute Gasteiger partial charge is 0.0758 e. The average molecular weight is 309 g/mol. The fourth-order valence-electron chi connectivity index (χ4n) is 2.14. The van der Waals surface area contributed by atoms with Crippen LogP contribution in [-0.2, 0) is 4.74 Å². The number of rotatable bonds is 7. The van der Waals surface area contributed by atoms with Gasteiger partial charge in [0.25, 0.3) is 0 Å². The maximum absolute atomic E-state index is 9.75. The molecule has 0 aromatic rings. The maximum atomic E-state index is 9.75. The second kappa shape index (κ2) is 8.74. The van der Waals surface area contributed by atoms with Gasteiger partial charge >= 0.3 is 0 Å².